The lowest BCUT2D eigenvalue weighted by molar-refractivity contribution is -0.142. The predicted octanol–water partition coefficient (Wildman–Crippen LogP) is -2.08. The van der Waals surface area contributed by atoms with E-state index in [-0.39, 0.29) is 12.5 Å². The van der Waals surface area contributed by atoms with E-state index in [9.17, 15) is 18.9 Å². The second-order valence-electron chi connectivity index (χ2n) is 5.42. The van der Waals surface area contributed by atoms with Gasteiger partial charge >= 0.3 is 5.97 Å². The highest BCUT2D eigenvalue weighted by atomic mass is 31.1. The fourth-order valence-electron chi connectivity index (χ4n) is 2.21. The van der Waals surface area contributed by atoms with E-state index in [1.807, 2.05) is 0 Å². The molecule has 0 spiro atoms. The molecule has 1 aliphatic heterocycles. The first-order chi connectivity index (χ1) is 10.8. The van der Waals surface area contributed by atoms with Crippen LogP contribution in [0.4, 0.5) is 0 Å². The number of amides is 2. The summed E-state index contributed by atoms with van der Waals surface area (Å²) in [5, 5.41) is 16.4. The Morgan fingerprint density at radius 1 is 1.48 bits per heavy atom. The second-order valence-corrected chi connectivity index (χ2v) is 7.09. The zero-order valence-electron chi connectivity index (χ0n) is 12.8. The van der Waals surface area contributed by atoms with Gasteiger partial charge in [-0.2, -0.15) is 0 Å². The van der Waals surface area contributed by atoms with Crippen molar-refractivity contribution in [2.75, 3.05) is 19.6 Å². The average Bonchev–Trinajstić information content (AvgIpc) is 2.46. The maximum atomic E-state index is 12.4. The number of nitrogens with two attached hydrogens (primary N) is 2. The number of piperidine rings is 1. The maximum Gasteiger partial charge on any atom is 0.307 e. The van der Waals surface area contributed by atoms with E-state index < -0.39 is 37.6 Å². The van der Waals surface area contributed by atoms with Crippen LogP contribution in [0.2, 0.25) is 0 Å². The molecule has 2 unspecified atom stereocenters. The number of rotatable bonds is 9. The van der Waals surface area contributed by atoms with Gasteiger partial charge in [0.15, 0.2) is 5.66 Å². The zero-order valence-corrected chi connectivity index (χ0v) is 13.8. The van der Waals surface area contributed by atoms with Crippen LogP contribution >= 0.6 is 7.95 Å². The van der Waals surface area contributed by atoms with Crippen LogP contribution in [-0.4, -0.2) is 53.8 Å². The Morgan fingerprint density at radius 3 is 2.74 bits per heavy atom. The molecule has 23 heavy (non-hydrogen) atoms. The van der Waals surface area contributed by atoms with Gasteiger partial charge in [-0.25, -0.2) is 5.09 Å². The Hall–Kier alpha value is -1.48. The number of carboxylic acids is 1. The van der Waals surface area contributed by atoms with Crippen molar-refractivity contribution < 1.29 is 24.1 Å². The van der Waals surface area contributed by atoms with Crippen molar-refractivity contribution in [3.8, 4) is 0 Å². The third-order valence-corrected chi connectivity index (χ3v) is 5.33. The predicted molar refractivity (Wildman–Crippen MR) is 84.0 cm³/mol. The van der Waals surface area contributed by atoms with Crippen LogP contribution in [0, 0.1) is 0 Å². The molecule has 0 aromatic heterocycles. The standard InChI is InChI=1S/C12H24N5O5P/c13-4-2-6-16-11(21)12(14,7-9(18)19)17-23(22)8-3-1-5-15-10(8)20/h8,23H,1-7,13-14H2,(H,15,20)(H,16,21)(H,17,22)(H,18,19)/t8-,12?/m0/s1. The molecule has 1 saturated heterocycles. The molecule has 1 rings (SSSR count). The molecule has 2 amide bonds. The molecule has 11 heteroatoms. The molecule has 3 atom stereocenters. The third-order valence-electron chi connectivity index (χ3n) is 3.45. The SMILES string of the molecule is NCCCNC(=O)C(N)(CC(=O)O)N[PH](=O)[C@H]1CCCNC1=O. The highest BCUT2D eigenvalue weighted by Crippen LogP contribution is 2.31. The van der Waals surface area contributed by atoms with Crippen LogP contribution in [0.15, 0.2) is 0 Å². The number of hydrogen-bond acceptors (Lipinski definition) is 6. The number of nitrogens with one attached hydrogen (secondary N) is 3. The lowest BCUT2D eigenvalue weighted by Crippen LogP contribution is -2.63. The molecule has 1 heterocycles. The molecule has 0 saturated carbocycles. The molecule has 0 radical (unpaired) electrons. The van der Waals surface area contributed by atoms with Gasteiger partial charge in [-0.1, -0.05) is 0 Å². The number of carbonyl (C=O) groups is 3. The van der Waals surface area contributed by atoms with E-state index in [1.54, 1.807) is 0 Å². The van der Waals surface area contributed by atoms with Crippen LogP contribution in [-0.2, 0) is 18.9 Å². The monoisotopic (exact) mass is 349 g/mol. The summed E-state index contributed by atoms with van der Waals surface area (Å²) in [5.74, 6) is -2.49. The summed E-state index contributed by atoms with van der Waals surface area (Å²) in [6.45, 7) is 1.08. The van der Waals surface area contributed by atoms with Crippen molar-refractivity contribution in [1.29, 1.82) is 0 Å². The molecular formula is C12H24N5O5P. The molecular weight excluding hydrogens is 325 g/mol. The van der Waals surface area contributed by atoms with Crippen LogP contribution in [0.25, 0.3) is 0 Å². The molecule has 0 aliphatic carbocycles. The van der Waals surface area contributed by atoms with Crippen LogP contribution in [0.5, 0.6) is 0 Å². The van der Waals surface area contributed by atoms with Crippen molar-refractivity contribution in [2.24, 2.45) is 11.5 Å². The summed E-state index contributed by atoms with van der Waals surface area (Å²) < 4.78 is 12.4. The van der Waals surface area contributed by atoms with Crippen LogP contribution in [0.1, 0.15) is 25.7 Å². The van der Waals surface area contributed by atoms with Crippen molar-refractivity contribution in [3.63, 3.8) is 0 Å². The third kappa shape index (κ3) is 5.91. The van der Waals surface area contributed by atoms with E-state index in [0.29, 0.717) is 32.4 Å². The van der Waals surface area contributed by atoms with Gasteiger partial charge in [-0.15, -0.1) is 0 Å². The second kappa shape index (κ2) is 8.97. The minimum Gasteiger partial charge on any atom is -0.481 e. The van der Waals surface area contributed by atoms with Gasteiger partial charge in [0.25, 0.3) is 5.91 Å². The summed E-state index contributed by atoms with van der Waals surface area (Å²) in [7, 11) is -2.80. The molecule has 0 aromatic rings. The molecule has 1 fully saturated rings. The summed E-state index contributed by atoms with van der Waals surface area (Å²) in [6.07, 6.45) is 0.795. The summed E-state index contributed by atoms with van der Waals surface area (Å²) in [6, 6.07) is 0. The van der Waals surface area contributed by atoms with Gasteiger partial charge in [-0.05, 0) is 25.8 Å². The zero-order chi connectivity index (χ0) is 17.5. The number of aliphatic carboxylic acids is 1. The van der Waals surface area contributed by atoms with E-state index in [4.69, 9.17) is 16.6 Å². The lowest BCUT2D eigenvalue weighted by atomic mass is 10.1. The largest absolute Gasteiger partial charge is 0.481 e. The first-order valence-electron chi connectivity index (χ1n) is 7.39. The molecule has 132 valence electrons. The number of carboxylic acid groups (broad SMARTS) is 1. The van der Waals surface area contributed by atoms with Gasteiger partial charge in [0, 0.05) is 13.1 Å². The molecule has 10 nitrogen and oxygen atoms in total. The van der Waals surface area contributed by atoms with Gasteiger partial charge in [0.1, 0.15) is 13.6 Å². The summed E-state index contributed by atoms with van der Waals surface area (Å²) >= 11 is 0. The van der Waals surface area contributed by atoms with Crippen molar-refractivity contribution in [1.82, 2.24) is 15.7 Å². The lowest BCUT2D eigenvalue weighted by Gasteiger charge is -2.30. The van der Waals surface area contributed by atoms with Gasteiger partial charge in [0.2, 0.25) is 5.91 Å². The van der Waals surface area contributed by atoms with Crippen molar-refractivity contribution >= 4 is 25.7 Å². The number of carbonyl (C=O) groups excluding carboxylic acids is 2. The Kier molecular flexibility index (Phi) is 7.63. The van der Waals surface area contributed by atoms with E-state index in [0.717, 1.165) is 0 Å². The van der Waals surface area contributed by atoms with E-state index >= 15 is 0 Å². The average molecular weight is 349 g/mol. The Labute approximate surface area is 134 Å². The fourth-order valence-corrected chi connectivity index (χ4v) is 3.83. The van der Waals surface area contributed by atoms with Crippen LogP contribution < -0.4 is 27.2 Å². The quantitative estimate of drug-likeness (QED) is 0.156. The highest BCUT2D eigenvalue weighted by molar-refractivity contribution is 7.44. The Balaban J connectivity index is 2.79. The Bertz CT molecular complexity index is 488. The molecule has 1 aliphatic rings. The number of hydrogen-bond donors (Lipinski definition) is 6. The minimum absolute atomic E-state index is 0.223. The smallest absolute Gasteiger partial charge is 0.307 e. The topological polar surface area (TPSA) is 177 Å². The maximum absolute atomic E-state index is 12.4. The molecule has 0 aromatic carbocycles. The van der Waals surface area contributed by atoms with Crippen LogP contribution in [0.3, 0.4) is 0 Å². The minimum atomic E-state index is -2.80. The fraction of sp³-hybridized carbons (Fsp3) is 0.750. The first-order valence-corrected chi connectivity index (χ1v) is 8.87. The van der Waals surface area contributed by atoms with E-state index in [1.165, 1.54) is 0 Å². The van der Waals surface area contributed by atoms with Gasteiger partial charge in [0.05, 0.1) is 6.42 Å². The molecule has 0 bridgehead atoms. The first kappa shape index (κ1) is 19.6. The van der Waals surface area contributed by atoms with Crippen molar-refractivity contribution in [3.05, 3.63) is 0 Å². The van der Waals surface area contributed by atoms with E-state index in [2.05, 4.69) is 15.7 Å². The van der Waals surface area contributed by atoms with Crippen molar-refractivity contribution in [2.45, 2.75) is 37.0 Å². The molecule has 8 N–H and O–H groups in total. The van der Waals surface area contributed by atoms with Gasteiger partial charge < -0.3 is 31.8 Å². The summed E-state index contributed by atoms with van der Waals surface area (Å²) in [5.41, 5.74) is 8.30. The highest BCUT2D eigenvalue weighted by Gasteiger charge is 2.40. The van der Waals surface area contributed by atoms with Gasteiger partial charge in [-0.3, -0.25) is 14.4 Å². The Morgan fingerprint density at radius 2 is 2.17 bits per heavy atom. The summed E-state index contributed by atoms with van der Waals surface area (Å²) in [4.78, 5) is 34.9. The normalized spacial score (nSPS) is 21.8.